The van der Waals surface area contributed by atoms with Gasteiger partial charge < -0.3 is 24.4 Å². The van der Waals surface area contributed by atoms with E-state index in [-0.39, 0.29) is 18.1 Å². The van der Waals surface area contributed by atoms with Crippen LogP contribution in [0.25, 0.3) is 0 Å². The van der Waals surface area contributed by atoms with E-state index in [0.717, 1.165) is 0 Å². The van der Waals surface area contributed by atoms with Crippen molar-refractivity contribution in [2.24, 2.45) is 5.41 Å². The zero-order valence-electron chi connectivity index (χ0n) is 14.5. The SMILES string of the molecule is CCOP(=O)(O)C1CNCC12CCN(C(=O)OC(C)(C)C)CC2. The lowest BCUT2D eigenvalue weighted by Crippen LogP contribution is -2.49. The van der Waals surface area contributed by atoms with Gasteiger partial charge in [0.05, 0.1) is 12.3 Å². The summed E-state index contributed by atoms with van der Waals surface area (Å²) in [7, 11) is -3.65. The highest BCUT2D eigenvalue weighted by Gasteiger charge is 2.53. The van der Waals surface area contributed by atoms with E-state index in [4.69, 9.17) is 9.26 Å². The summed E-state index contributed by atoms with van der Waals surface area (Å²) in [6.45, 7) is 9.75. The molecule has 0 radical (unpaired) electrons. The van der Waals surface area contributed by atoms with Gasteiger partial charge in [0, 0.05) is 31.6 Å². The van der Waals surface area contributed by atoms with E-state index in [1.165, 1.54) is 0 Å². The summed E-state index contributed by atoms with van der Waals surface area (Å²) >= 11 is 0. The first-order valence-corrected chi connectivity index (χ1v) is 9.90. The molecule has 0 aromatic carbocycles. The van der Waals surface area contributed by atoms with Gasteiger partial charge in [-0.05, 0) is 40.5 Å². The van der Waals surface area contributed by atoms with Crippen molar-refractivity contribution in [2.45, 2.75) is 51.8 Å². The van der Waals surface area contributed by atoms with Gasteiger partial charge >= 0.3 is 13.7 Å². The summed E-state index contributed by atoms with van der Waals surface area (Å²) in [5.41, 5.74) is -1.20. The van der Waals surface area contributed by atoms with E-state index < -0.39 is 18.9 Å². The molecular formula is C15H29N2O5P. The van der Waals surface area contributed by atoms with Crippen molar-refractivity contribution < 1.29 is 23.5 Å². The second kappa shape index (κ2) is 6.71. The van der Waals surface area contributed by atoms with Crippen molar-refractivity contribution in [1.29, 1.82) is 0 Å². The van der Waals surface area contributed by atoms with Gasteiger partial charge in [-0.25, -0.2) is 4.79 Å². The molecule has 2 rings (SSSR count). The molecule has 0 aromatic heterocycles. The average Bonchev–Trinajstić information content (AvgIpc) is 2.82. The number of carbonyl (C=O) groups is 1. The Balaban J connectivity index is 2.02. The normalized spacial score (nSPS) is 27.0. The lowest BCUT2D eigenvalue weighted by Gasteiger charge is -2.43. The third-order valence-electron chi connectivity index (χ3n) is 4.64. The number of nitrogens with zero attached hydrogens (tertiary/aromatic N) is 1. The van der Waals surface area contributed by atoms with Crippen LogP contribution in [0.4, 0.5) is 4.79 Å². The van der Waals surface area contributed by atoms with Crippen molar-refractivity contribution in [2.75, 3.05) is 32.8 Å². The minimum Gasteiger partial charge on any atom is -0.444 e. The van der Waals surface area contributed by atoms with Crippen LogP contribution in [0.1, 0.15) is 40.5 Å². The Morgan fingerprint density at radius 1 is 1.39 bits per heavy atom. The highest BCUT2D eigenvalue weighted by Crippen LogP contribution is 2.58. The Kier molecular flexibility index (Phi) is 5.46. The number of rotatable bonds is 3. The van der Waals surface area contributed by atoms with Crippen LogP contribution >= 0.6 is 7.60 Å². The van der Waals surface area contributed by atoms with Crippen molar-refractivity contribution >= 4 is 13.7 Å². The van der Waals surface area contributed by atoms with Crippen LogP contribution in [0.5, 0.6) is 0 Å². The number of nitrogens with one attached hydrogen (secondary N) is 1. The fraction of sp³-hybridized carbons (Fsp3) is 0.933. The zero-order valence-corrected chi connectivity index (χ0v) is 15.4. The first-order chi connectivity index (χ1) is 10.6. The highest BCUT2D eigenvalue weighted by atomic mass is 31.2. The van der Waals surface area contributed by atoms with E-state index >= 15 is 0 Å². The summed E-state index contributed by atoms with van der Waals surface area (Å²) in [5, 5.41) is 3.23. The van der Waals surface area contributed by atoms with Crippen LogP contribution in [0.2, 0.25) is 0 Å². The molecule has 8 heteroatoms. The van der Waals surface area contributed by atoms with Gasteiger partial charge in [0.15, 0.2) is 0 Å². The fourth-order valence-corrected chi connectivity index (χ4v) is 5.45. The summed E-state index contributed by atoms with van der Waals surface area (Å²) in [6.07, 6.45) is 1.05. The second-order valence-electron chi connectivity index (χ2n) is 7.46. The lowest BCUT2D eigenvalue weighted by molar-refractivity contribution is 0.0117. The maximum absolute atomic E-state index is 12.5. The first kappa shape index (κ1) is 18.7. The first-order valence-electron chi connectivity index (χ1n) is 8.25. The van der Waals surface area contributed by atoms with E-state index in [2.05, 4.69) is 5.32 Å². The smallest absolute Gasteiger partial charge is 0.410 e. The minimum atomic E-state index is -3.65. The molecule has 2 atom stereocenters. The molecule has 1 amide bonds. The van der Waals surface area contributed by atoms with Gasteiger partial charge in [-0.1, -0.05) is 0 Å². The van der Waals surface area contributed by atoms with E-state index in [1.54, 1.807) is 11.8 Å². The van der Waals surface area contributed by atoms with Gasteiger partial charge in [-0.15, -0.1) is 0 Å². The number of ether oxygens (including phenoxy) is 1. The summed E-state index contributed by atoms with van der Waals surface area (Å²) in [4.78, 5) is 24.1. The van der Waals surface area contributed by atoms with Crippen LogP contribution in [0, 0.1) is 5.41 Å². The zero-order chi connectivity index (χ0) is 17.3. The molecular weight excluding hydrogens is 319 g/mol. The monoisotopic (exact) mass is 348 g/mol. The molecule has 23 heavy (non-hydrogen) atoms. The Bertz CT molecular complexity index is 483. The van der Waals surface area contributed by atoms with Crippen LogP contribution in [0.3, 0.4) is 0 Å². The van der Waals surface area contributed by atoms with Crippen molar-refractivity contribution in [3.63, 3.8) is 0 Å². The quantitative estimate of drug-likeness (QED) is 0.760. The molecule has 2 fully saturated rings. The van der Waals surface area contributed by atoms with Crippen LogP contribution in [-0.4, -0.2) is 59.9 Å². The number of carbonyl (C=O) groups excluding carboxylic acids is 1. The molecule has 0 bridgehead atoms. The molecule has 2 N–H and O–H groups in total. The van der Waals surface area contributed by atoms with Crippen molar-refractivity contribution in [1.82, 2.24) is 10.2 Å². The third-order valence-corrected chi connectivity index (χ3v) is 6.79. The summed E-state index contributed by atoms with van der Waals surface area (Å²) in [6, 6.07) is 0. The molecule has 2 heterocycles. The van der Waals surface area contributed by atoms with Gasteiger partial charge in [-0.3, -0.25) is 4.57 Å². The molecule has 1 spiro atoms. The maximum Gasteiger partial charge on any atom is 0.410 e. The Morgan fingerprint density at radius 2 is 2.00 bits per heavy atom. The molecule has 2 saturated heterocycles. The second-order valence-corrected chi connectivity index (χ2v) is 9.47. The van der Waals surface area contributed by atoms with E-state index in [1.807, 2.05) is 20.8 Å². The van der Waals surface area contributed by atoms with Gasteiger partial charge in [0.2, 0.25) is 0 Å². The number of likely N-dealkylation sites (tertiary alicyclic amines) is 1. The number of amides is 1. The summed E-state index contributed by atoms with van der Waals surface area (Å²) < 4.78 is 23.0. The van der Waals surface area contributed by atoms with Crippen molar-refractivity contribution in [3.05, 3.63) is 0 Å². The van der Waals surface area contributed by atoms with Gasteiger partial charge in [-0.2, -0.15) is 0 Å². The Hall–Kier alpha value is -0.620. The number of piperidine rings is 1. The number of hydrogen-bond acceptors (Lipinski definition) is 5. The largest absolute Gasteiger partial charge is 0.444 e. The van der Waals surface area contributed by atoms with Crippen LogP contribution in [0.15, 0.2) is 0 Å². The molecule has 0 aromatic rings. The van der Waals surface area contributed by atoms with Gasteiger partial charge in [0.1, 0.15) is 5.60 Å². The minimum absolute atomic E-state index is 0.227. The molecule has 134 valence electrons. The summed E-state index contributed by atoms with van der Waals surface area (Å²) in [5.74, 6) is 0. The van der Waals surface area contributed by atoms with Gasteiger partial charge in [0.25, 0.3) is 0 Å². The average molecular weight is 348 g/mol. The third kappa shape index (κ3) is 4.27. The Labute approximate surface area is 138 Å². The van der Waals surface area contributed by atoms with Crippen LogP contribution in [-0.2, 0) is 13.8 Å². The number of hydrogen-bond donors (Lipinski definition) is 2. The Morgan fingerprint density at radius 3 is 2.52 bits per heavy atom. The molecule has 0 aliphatic carbocycles. The van der Waals surface area contributed by atoms with Crippen LogP contribution < -0.4 is 5.32 Å². The topological polar surface area (TPSA) is 88.1 Å². The standard InChI is InChI=1S/C15H29N2O5P/c1-5-21-23(19,20)12-10-16-11-15(12)6-8-17(9-7-15)13(18)22-14(2,3)4/h12,16H,5-11H2,1-4H3,(H,19,20). The van der Waals surface area contributed by atoms with E-state index in [9.17, 15) is 14.3 Å². The molecule has 7 nitrogen and oxygen atoms in total. The molecule has 0 saturated carbocycles. The predicted molar refractivity (Wildman–Crippen MR) is 87.6 cm³/mol. The lowest BCUT2D eigenvalue weighted by atomic mass is 9.77. The molecule has 2 aliphatic rings. The molecule has 2 aliphatic heterocycles. The van der Waals surface area contributed by atoms with E-state index in [0.29, 0.717) is 39.0 Å². The fourth-order valence-electron chi connectivity index (χ4n) is 3.50. The maximum atomic E-state index is 12.5. The van der Waals surface area contributed by atoms with Crippen molar-refractivity contribution in [3.8, 4) is 0 Å². The highest BCUT2D eigenvalue weighted by molar-refractivity contribution is 7.53. The predicted octanol–water partition coefficient (Wildman–Crippen LogP) is 2.20. The molecule has 2 unspecified atom stereocenters.